The van der Waals surface area contributed by atoms with Crippen LogP contribution in [0.2, 0.25) is 0 Å². The van der Waals surface area contributed by atoms with Crippen molar-refractivity contribution in [1.82, 2.24) is 5.32 Å². The van der Waals surface area contributed by atoms with Crippen LogP contribution < -0.4 is 5.32 Å². The van der Waals surface area contributed by atoms with Crippen LogP contribution in [-0.4, -0.2) is 46.0 Å². The Morgan fingerprint density at radius 1 is 1.25 bits per heavy atom. The number of rotatable bonds is 5. The second-order valence-corrected chi connectivity index (χ2v) is 7.11. The van der Waals surface area contributed by atoms with Crippen LogP contribution in [0.5, 0.6) is 0 Å². The normalized spacial score (nSPS) is 18.5. The first-order valence-corrected chi connectivity index (χ1v) is 8.64. The fourth-order valence-electron chi connectivity index (χ4n) is 1.90. The summed E-state index contributed by atoms with van der Waals surface area (Å²) in [4.78, 5) is 22.6. The molecule has 1 amide bonds. The maximum atomic E-state index is 11.8. The van der Waals surface area contributed by atoms with Gasteiger partial charge >= 0.3 is 5.97 Å². The first-order valence-electron chi connectivity index (χ1n) is 6.43. The molecule has 20 heavy (non-hydrogen) atoms. The molecule has 1 atom stereocenters. The zero-order chi connectivity index (χ0) is 14.4. The minimum atomic E-state index is -0.951. The number of carboxylic acid groups (broad SMARTS) is 1. The summed E-state index contributed by atoms with van der Waals surface area (Å²) in [5, 5.41) is 12.3. The minimum absolute atomic E-state index is 0.00996. The molecule has 0 spiro atoms. The molecule has 108 valence electrons. The van der Waals surface area contributed by atoms with Crippen molar-refractivity contribution in [3.8, 4) is 0 Å². The van der Waals surface area contributed by atoms with Gasteiger partial charge in [-0.05, 0) is 17.7 Å². The number of carboxylic acids is 1. The molecule has 1 unspecified atom stereocenters. The summed E-state index contributed by atoms with van der Waals surface area (Å²) < 4.78 is 0. The number of carbonyl (C=O) groups excluding carboxylic acids is 1. The van der Waals surface area contributed by atoms with Crippen LogP contribution in [-0.2, 0) is 11.2 Å². The number of thioether (sulfide) groups is 2. The van der Waals surface area contributed by atoms with Crippen LogP contribution in [0, 0.1) is 0 Å². The monoisotopic (exact) mass is 311 g/mol. The first-order chi connectivity index (χ1) is 9.65. The molecule has 1 saturated heterocycles. The van der Waals surface area contributed by atoms with E-state index >= 15 is 0 Å². The molecule has 2 rings (SSSR count). The van der Waals surface area contributed by atoms with Gasteiger partial charge in [-0.3, -0.25) is 4.79 Å². The molecule has 1 aromatic carbocycles. The second-order valence-electron chi connectivity index (χ2n) is 4.55. The van der Waals surface area contributed by atoms with Crippen molar-refractivity contribution in [1.29, 1.82) is 0 Å². The smallest absolute Gasteiger partial charge is 0.335 e. The number of hydrogen-bond donors (Lipinski definition) is 2. The summed E-state index contributed by atoms with van der Waals surface area (Å²) in [6.45, 7) is 0.712. The van der Waals surface area contributed by atoms with Gasteiger partial charge in [0.15, 0.2) is 0 Å². The molecule has 2 N–H and O–H groups in total. The van der Waals surface area contributed by atoms with Crippen LogP contribution in [0.4, 0.5) is 0 Å². The molecule has 6 heteroatoms. The van der Waals surface area contributed by atoms with Gasteiger partial charge in [-0.15, -0.1) is 0 Å². The lowest BCUT2D eigenvalue weighted by molar-refractivity contribution is -0.120. The van der Waals surface area contributed by atoms with E-state index in [-0.39, 0.29) is 11.5 Å². The van der Waals surface area contributed by atoms with Gasteiger partial charge in [0, 0.05) is 29.1 Å². The van der Waals surface area contributed by atoms with Crippen molar-refractivity contribution in [2.24, 2.45) is 0 Å². The van der Waals surface area contributed by atoms with Crippen molar-refractivity contribution in [3.63, 3.8) is 0 Å². The Hall–Kier alpha value is -1.14. The number of amides is 1. The largest absolute Gasteiger partial charge is 0.478 e. The maximum Gasteiger partial charge on any atom is 0.335 e. The molecule has 0 radical (unpaired) electrons. The third-order valence-electron chi connectivity index (χ3n) is 2.98. The van der Waals surface area contributed by atoms with E-state index in [0.29, 0.717) is 18.2 Å². The third-order valence-corrected chi connectivity index (χ3v) is 5.82. The Labute approximate surface area is 126 Å². The fourth-order valence-corrected chi connectivity index (χ4v) is 4.51. The van der Waals surface area contributed by atoms with E-state index in [4.69, 9.17) is 5.11 Å². The zero-order valence-corrected chi connectivity index (χ0v) is 12.6. The van der Waals surface area contributed by atoms with Crippen molar-refractivity contribution >= 4 is 35.4 Å². The summed E-state index contributed by atoms with van der Waals surface area (Å²) >= 11 is 3.85. The van der Waals surface area contributed by atoms with E-state index in [1.807, 2.05) is 23.5 Å². The quantitative estimate of drug-likeness (QED) is 0.869. The Morgan fingerprint density at radius 2 is 2.00 bits per heavy atom. The van der Waals surface area contributed by atoms with Gasteiger partial charge in [0.2, 0.25) is 5.91 Å². The Balaban J connectivity index is 1.77. The molecule has 0 saturated carbocycles. The van der Waals surface area contributed by atoms with Crippen LogP contribution in [0.1, 0.15) is 15.9 Å². The van der Waals surface area contributed by atoms with Gasteiger partial charge in [-0.25, -0.2) is 4.79 Å². The summed E-state index contributed by atoms with van der Waals surface area (Å²) in [5.74, 6) is 2.49. The van der Waals surface area contributed by atoms with Crippen LogP contribution >= 0.6 is 23.5 Å². The van der Waals surface area contributed by atoms with E-state index in [1.165, 1.54) is 17.9 Å². The highest BCUT2D eigenvalue weighted by atomic mass is 32.2. The standard InChI is InChI=1S/C14H17NO3S2/c16-13(15-8-12-9-19-5-6-20-12)7-10-1-3-11(4-2-10)14(17)18/h1-4,12H,5-9H2,(H,15,16)(H,17,18). The summed E-state index contributed by atoms with van der Waals surface area (Å²) in [5.41, 5.74) is 1.07. The van der Waals surface area contributed by atoms with Crippen LogP contribution in [0.15, 0.2) is 24.3 Å². The average molecular weight is 311 g/mol. The van der Waals surface area contributed by atoms with Crippen molar-refractivity contribution < 1.29 is 14.7 Å². The molecule has 1 aromatic rings. The topological polar surface area (TPSA) is 66.4 Å². The third kappa shape index (κ3) is 4.76. The number of carbonyl (C=O) groups is 2. The highest BCUT2D eigenvalue weighted by molar-refractivity contribution is 8.06. The zero-order valence-electron chi connectivity index (χ0n) is 11.0. The Bertz CT molecular complexity index is 470. The van der Waals surface area contributed by atoms with Gasteiger partial charge in [0.1, 0.15) is 0 Å². The molecule has 1 aliphatic heterocycles. The summed E-state index contributed by atoms with van der Waals surface area (Å²) in [6.07, 6.45) is 0.296. The first kappa shape index (κ1) is 15.3. The molecule has 4 nitrogen and oxygen atoms in total. The summed E-state index contributed by atoms with van der Waals surface area (Å²) in [6, 6.07) is 6.43. The molecule has 0 aromatic heterocycles. The molecular weight excluding hydrogens is 294 g/mol. The number of nitrogens with one attached hydrogen (secondary N) is 1. The molecule has 1 heterocycles. The number of aromatic carboxylic acids is 1. The molecule has 1 fully saturated rings. The van der Waals surface area contributed by atoms with E-state index in [0.717, 1.165) is 17.1 Å². The van der Waals surface area contributed by atoms with Crippen LogP contribution in [0.3, 0.4) is 0 Å². The predicted molar refractivity (Wildman–Crippen MR) is 83.7 cm³/mol. The minimum Gasteiger partial charge on any atom is -0.478 e. The lowest BCUT2D eigenvalue weighted by atomic mass is 10.1. The second kappa shape index (κ2) is 7.59. The van der Waals surface area contributed by atoms with Crippen molar-refractivity contribution in [2.45, 2.75) is 11.7 Å². The van der Waals surface area contributed by atoms with Crippen molar-refractivity contribution in [2.75, 3.05) is 23.8 Å². The maximum absolute atomic E-state index is 11.8. The van der Waals surface area contributed by atoms with E-state index in [2.05, 4.69) is 5.32 Å². The van der Waals surface area contributed by atoms with E-state index < -0.39 is 5.97 Å². The van der Waals surface area contributed by atoms with Gasteiger partial charge in [-0.1, -0.05) is 12.1 Å². The lowest BCUT2D eigenvalue weighted by Crippen LogP contribution is -2.34. The van der Waals surface area contributed by atoms with E-state index in [1.54, 1.807) is 12.1 Å². The molecule has 0 bridgehead atoms. The predicted octanol–water partition coefficient (Wildman–Crippen LogP) is 1.89. The SMILES string of the molecule is O=C(Cc1ccc(C(=O)O)cc1)NCC1CSCCS1. The van der Waals surface area contributed by atoms with Crippen molar-refractivity contribution in [3.05, 3.63) is 35.4 Å². The van der Waals surface area contributed by atoms with Gasteiger partial charge in [-0.2, -0.15) is 23.5 Å². The van der Waals surface area contributed by atoms with Gasteiger partial charge < -0.3 is 10.4 Å². The lowest BCUT2D eigenvalue weighted by Gasteiger charge is -2.21. The highest BCUT2D eigenvalue weighted by Crippen LogP contribution is 2.23. The van der Waals surface area contributed by atoms with Crippen LogP contribution in [0.25, 0.3) is 0 Å². The Morgan fingerprint density at radius 3 is 2.60 bits per heavy atom. The fraction of sp³-hybridized carbons (Fsp3) is 0.429. The van der Waals surface area contributed by atoms with E-state index in [9.17, 15) is 9.59 Å². The highest BCUT2D eigenvalue weighted by Gasteiger charge is 2.15. The average Bonchev–Trinajstić information content (AvgIpc) is 2.47. The number of benzene rings is 1. The molecular formula is C14H17NO3S2. The van der Waals surface area contributed by atoms with Gasteiger partial charge in [0.25, 0.3) is 0 Å². The number of hydrogen-bond acceptors (Lipinski definition) is 4. The summed E-state index contributed by atoms with van der Waals surface area (Å²) in [7, 11) is 0. The van der Waals surface area contributed by atoms with Gasteiger partial charge in [0.05, 0.1) is 12.0 Å². The molecule has 0 aliphatic carbocycles. The molecule has 1 aliphatic rings. The Kier molecular flexibility index (Phi) is 5.79.